The van der Waals surface area contributed by atoms with E-state index < -0.39 is 5.54 Å². The van der Waals surface area contributed by atoms with Crippen LogP contribution in [0.15, 0.2) is 0 Å². The predicted octanol–water partition coefficient (Wildman–Crippen LogP) is 1.59. The van der Waals surface area contributed by atoms with E-state index in [2.05, 4.69) is 5.32 Å². The molecule has 0 bridgehead atoms. The molecule has 0 aromatic carbocycles. The highest BCUT2D eigenvalue weighted by Gasteiger charge is 2.29. The second-order valence-corrected chi connectivity index (χ2v) is 5.85. The van der Waals surface area contributed by atoms with Crippen LogP contribution in [0.1, 0.15) is 52.4 Å². The molecule has 0 aliphatic heterocycles. The zero-order chi connectivity index (χ0) is 15.0. The van der Waals surface area contributed by atoms with Crippen LogP contribution in [-0.4, -0.2) is 43.9 Å². The fourth-order valence-electron chi connectivity index (χ4n) is 2.83. The van der Waals surface area contributed by atoms with Crippen molar-refractivity contribution in [2.24, 2.45) is 5.73 Å². The number of likely N-dealkylation sites (N-methyl/N-ethyl adjacent to an activating group) is 1. The summed E-state index contributed by atoms with van der Waals surface area (Å²) in [5.74, 6) is -0.295. The van der Waals surface area contributed by atoms with E-state index in [1.807, 2.05) is 13.8 Å². The second-order valence-electron chi connectivity index (χ2n) is 5.85. The molecule has 0 saturated heterocycles. The molecule has 0 radical (unpaired) electrons. The fraction of sp³-hybridized carbons (Fsp3) is 0.933. The van der Waals surface area contributed by atoms with Gasteiger partial charge in [0.15, 0.2) is 0 Å². The molecule has 0 aromatic heterocycles. The number of carbonyl (C=O) groups is 1. The maximum Gasteiger partial charge on any atom is 0.237 e. The maximum atomic E-state index is 11.5. The Morgan fingerprint density at radius 3 is 2.70 bits per heavy atom. The summed E-state index contributed by atoms with van der Waals surface area (Å²) in [7, 11) is 1.77. The van der Waals surface area contributed by atoms with E-state index in [1.54, 1.807) is 7.11 Å². The van der Waals surface area contributed by atoms with Gasteiger partial charge in [-0.15, -0.1) is 0 Å². The molecular formula is C15H30N2O3. The van der Waals surface area contributed by atoms with Crippen LogP contribution in [0.5, 0.6) is 0 Å². The van der Waals surface area contributed by atoms with Gasteiger partial charge in [0, 0.05) is 13.7 Å². The molecule has 1 rings (SSSR count). The lowest BCUT2D eigenvalue weighted by atomic mass is 9.94. The molecule has 118 valence electrons. The van der Waals surface area contributed by atoms with Gasteiger partial charge in [-0.2, -0.15) is 0 Å². The van der Waals surface area contributed by atoms with Gasteiger partial charge in [0.25, 0.3) is 0 Å². The lowest BCUT2D eigenvalue weighted by Crippen LogP contribution is -2.53. The molecule has 1 aliphatic rings. The van der Waals surface area contributed by atoms with Crippen LogP contribution in [0.2, 0.25) is 0 Å². The highest BCUT2D eigenvalue weighted by atomic mass is 16.5. The van der Waals surface area contributed by atoms with Crippen LogP contribution in [0.3, 0.4) is 0 Å². The Morgan fingerprint density at radius 1 is 1.40 bits per heavy atom. The van der Waals surface area contributed by atoms with Gasteiger partial charge in [0.2, 0.25) is 5.91 Å². The maximum absolute atomic E-state index is 11.5. The third-order valence-corrected chi connectivity index (χ3v) is 4.20. The standard InChI is InChI=1S/C15H30N2O3/c1-4-17-15(2,14(16)18)9-6-10-20-13-8-5-7-12(11-13)19-3/h12-13,17H,4-11H2,1-3H3,(H2,16,18). The zero-order valence-corrected chi connectivity index (χ0v) is 13.1. The van der Waals surface area contributed by atoms with Gasteiger partial charge in [-0.3, -0.25) is 4.79 Å². The van der Waals surface area contributed by atoms with Crippen LogP contribution < -0.4 is 11.1 Å². The number of methoxy groups -OCH3 is 1. The Labute approximate surface area is 122 Å². The van der Waals surface area contributed by atoms with Crippen LogP contribution in [0.4, 0.5) is 0 Å². The number of rotatable bonds is 9. The zero-order valence-electron chi connectivity index (χ0n) is 13.1. The highest BCUT2D eigenvalue weighted by Crippen LogP contribution is 2.23. The normalized spacial score (nSPS) is 26.1. The van der Waals surface area contributed by atoms with Crippen LogP contribution >= 0.6 is 0 Å². The van der Waals surface area contributed by atoms with Gasteiger partial charge in [-0.25, -0.2) is 0 Å². The molecule has 1 fully saturated rings. The van der Waals surface area contributed by atoms with Crippen molar-refractivity contribution < 1.29 is 14.3 Å². The van der Waals surface area contributed by atoms with Gasteiger partial charge >= 0.3 is 0 Å². The molecule has 3 N–H and O–H groups in total. The minimum Gasteiger partial charge on any atom is -0.381 e. The molecule has 5 nitrogen and oxygen atoms in total. The third-order valence-electron chi connectivity index (χ3n) is 4.20. The molecule has 1 aliphatic carbocycles. The van der Waals surface area contributed by atoms with E-state index in [4.69, 9.17) is 15.2 Å². The SMILES string of the molecule is CCNC(C)(CCCOC1CCCC(OC)C1)C(N)=O. The van der Waals surface area contributed by atoms with Gasteiger partial charge in [-0.05, 0) is 52.0 Å². The van der Waals surface area contributed by atoms with Crippen LogP contribution in [0, 0.1) is 0 Å². The van der Waals surface area contributed by atoms with Gasteiger partial charge < -0.3 is 20.5 Å². The van der Waals surface area contributed by atoms with Crippen molar-refractivity contribution in [3.63, 3.8) is 0 Å². The van der Waals surface area contributed by atoms with Crippen molar-refractivity contribution in [3.05, 3.63) is 0 Å². The van der Waals surface area contributed by atoms with Crippen LogP contribution in [-0.2, 0) is 14.3 Å². The molecule has 5 heteroatoms. The number of carbonyl (C=O) groups excluding carboxylic acids is 1. The second kappa shape index (κ2) is 8.60. The first-order valence-electron chi connectivity index (χ1n) is 7.71. The summed E-state index contributed by atoms with van der Waals surface area (Å²) in [5, 5.41) is 3.16. The molecule has 3 unspecified atom stereocenters. The molecule has 0 heterocycles. The van der Waals surface area contributed by atoms with E-state index in [1.165, 1.54) is 6.42 Å². The van der Waals surface area contributed by atoms with Crippen LogP contribution in [0.25, 0.3) is 0 Å². The number of primary amides is 1. The molecule has 0 spiro atoms. The monoisotopic (exact) mass is 286 g/mol. The Hall–Kier alpha value is -0.650. The van der Waals surface area contributed by atoms with Crippen molar-refractivity contribution in [2.45, 2.75) is 70.1 Å². The summed E-state index contributed by atoms with van der Waals surface area (Å²) in [6.45, 7) is 5.25. The Morgan fingerprint density at radius 2 is 2.10 bits per heavy atom. The Bertz CT molecular complexity index is 299. The first kappa shape index (κ1) is 17.4. The summed E-state index contributed by atoms with van der Waals surface area (Å²) < 4.78 is 11.3. The largest absolute Gasteiger partial charge is 0.381 e. The summed E-state index contributed by atoms with van der Waals surface area (Å²) in [6, 6.07) is 0. The van der Waals surface area contributed by atoms with Crippen molar-refractivity contribution >= 4 is 5.91 Å². The number of nitrogens with two attached hydrogens (primary N) is 1. The molecule has 0 aromatic rings. The number of hydrogen-bond acceptors (Lipinski definition) is 4. The van der Waals surface area contributed by atoms with E-state index in [0.717, 1.165) is 32.2 Å². The minimum atomic E-state index is -0.625. The molecule has 20 heavy (non-hydrogen) atoms. The lowest BCUT2D eigenvalue weighted by molar-refractivity contribution is -0.124. The Kier molecular flexibility index (Phi) is 7.48. The summed E-state index contributed by atoms with van der Waals surface area (Å²) >= 11 is 0. The van der Waals surface area contributed by atoms with E-state index >= 15 is 0 Å². The summed E-state index contributed by atoms with van der Waals surface area (Å²) in [5.41, 5.74) is 4.83. The smallest absolute Gasteiger partial charge is 0.237 e. The van der Waals surface area contributed by atoms with Gasteiger partial charge in [0.05, 0.1) is 17.7 Å². The minimum absolute atomic E-state index is 0.295. The molecular weight excluding hydrogens is 256 g/mol. The van der Waals surface area contributed by atoms with Crippen molar-refractivity contribution in [2.75, 3.05) is 20.3 Å². The van der Waals surface area contributed by atoms with E-state index in [9.17, 15) is 4.79 Å². The number of hydrogen-bond donors (Lipinski definition) is 2. The van der Waals surface area contributed by atoms with E-state index in [-0.39, 0.29) is 5.91 Å². The molecule has 1 saturated carbocycles. The lowest BCUT2D eigenvalue weighted by Gasteiger charge is -2.29. The molecule has 1 amide bonds. The Balaban J connectivity index is 2.24. The van der Waals surface area contributed by atoms with Gasteiger partial charge in [0.1, 0.15) is 0 Å². The number of ether oxygens (including phenoxy) is 2. The quantitative estimate of drug-likeness (QED) is 0.631. The topological polar surface area (TPSA) is 73.6 Å². The van der Waals surface area contributed by atoms with E-state index in [0.29, 0.717) is 25.2 Å². The number of amides is 1. The summed E-state index contributed by atoms with van der Waals surface area (Å²) in [6.07, 6.45) is 6.57. The van der Waals surface area contributed by atoms with Crippen molar-refractivity contribution in [1.82, 2.24) is 5.32 Å². The molecule has 3 atom stereocenters. The first-order valence-corrected chi connectivity index (χ1v) is 7.71. The van der Waals surface area contributed by atoms with Gasteiger partial charge in [-0.1, -0.05) is 6.92 Å². The average molecular weight is 286 g/mol. The predicted molar refractivity (Wildman–Crippen MR) is 79.5 cm³/mol. The highest BCUT2D eigenvalue weighted by molar-refractivity contribution is 5.84. The summed E-state index contributed by atoms with van der Waals surface area (Å²) in [4.78, 5) is 11.5. The van der Waals surface area contributed by atoms with Crippen molar-refractivity contribution in [1.29, 1.82) is 0 Å². The third kappa shape index (κ3) is 5.38. The average Bonchev–Trinajstić information content (AvgIpc) is 2.44. The number of nitrogens with one attached hydrogen (secondary N) is 1. The van der Waals surface area contributed by atoms with Crippen molar-refractivity contribution in [3.8, 4) is 0 Å². The first-order chi connectivity index (χ1) is 9.51. The fourth-order valence-corrected chi connectivity index (χ4v) is 2.83.